The second kappa shape index (κ2) is 9.47. The predicted octanol–water partition coefficient (Wildman–Crippen LogP) is 4.80. The van der Waals surface area contributed by atoms with Crippen molar-refractivity contribution >= 4 is 22.5 Å². The van der Waals surface area contributed by atoms with Gasteiger partial charge in [0, 0.05) is 25.6 Å². The monoisotopic (exact) mass is 400 g/mol. The summed E-state index contributed by atoms with van der Waals surface area (Å²) in [5, 5.41) is 13.2. The van der Waals surface area contributed by atoms with Crippen LogP contribution < -0.4 is 5.32 Å². The Balaban J connectivity index is 1.41. The Morgan fingerprint density at radius 2 is 1.93 bits per heavy atom. The highest BCUT2D eigenvalue weighted by atomic mass is 32.1. The van der Waals surface area contributed by atoms with Crippen molar-refractivity contribution in [3.05, 3.63) is 40.9 Å². The average molecular weight is 401 g/mol. The van der Waals surface area contributed by atoms with Crippen LogP contribution in [-0.4, -0.2) is 40.4 Å². The van der Waals surface area contributed by atoms with Gasteiger partial charge in [-0.25, -0.2) is 4.79 Å². The summed E-state index contributed by atoms with van der Waals surface area (Å²) in [5.41, 5.74) is 1.11. The summed E-state index contributed by atoms with van der Waals surface area (Å²) >= 11 is 1.52. The zero-order valence-corrected chi connectivity index (χ0v) is 17.0. The summed E-state index contributed by atoms with van der Waals surface area (Å²) in [7, 11) is 0. The molecule has 1 saturated heterocycles. The Morgan fingerprint density at radius 1 is 1.11 bits per heavy atom. The lowest BCUT2D eigenvalue weighted by molar-refractivity contribution is 0.0819. The summed E-state index contributed by atoms with van der Waals surface area (Å²) in [6, 6.07) is 9.94. The van der Waals surface area contributed by atoms with E-state index in [1.165, 1.54) is 43.4 Å². The van der Waals surface area contributed by atoms with Crippen LogP contribution in [0.5, 0.6) is 0 Å². The molecule has 6 nitrogen and oxygen atoms in total. The van der Waals surface area contributed by atoms with Crippen LogP contribution in [0.25, 0.3) is 0 Å². The Morgan fingerprint density at radius 3 is 2.68 bits per heavy atom. The van der Waals surface area contributed by atoms with Crippen LogP contribution in [0, 0.1) is 0 Å². The second-order valence-electron chi connectivity index (χ2n) is 7.71. The number of rotatable bonds is 6. The van der Waals surface area contributed by atoms with E-state index in [0.29, 0.717) is 24.1 Å². The van der Waals surface area contributed by atoms with Crippen LogP contribution in [0.2, 0.25) is 0 Å². The Labute approximate surface area is 170 Å². The smallest absolute Gasteiger partial charge is 0.324 e. The summed E-state index contributed by atoms with van der Waals surface area (Å²) in [5.74, 6) is 0.504. The van der Waals surface area contributed by atoms with Crippen LogP contribution >= 0.6 is 11.3 Å². The number of nitrogens with one attached hydrogen (secondary N) is 1. The maximum Gasteiger partial charge on any atom is 0.324 e. The average Bonchev–Trinajstić information content (AvgIpc) is 3.41. The van der Waals surface area contributed by atoms with E-state index < -0.39 is 0 Å². The number of carbonyl (C=O) groups excluding carboxylic acids is 1. The molecule has 2 aliphatic rings. The molecule has 1 N–H and O–H groups in total. The number of hydrogen-bond acceptors (Lipinski definition) is 5. The van der Waals surface area contributed by atoms with Gasteiger partial charge >= 0.3 is 6.03 Å². The molecular weight excluding hydrogens is 372 g/mol. The topological polar surface area (TPSA) is 67.4 Å². The van der Waals surface area contributed by atoms with Gasteiger partial charge in [-0.15, -0.1) is 10.2 Å². The molecule has 0 bridgehead atoms. The molecule has 2 aromatic rings. The standard InChI is InChI=1S/C21H28N4O2S/c26-21(22-20-24-23-19(28-20)17-10-5-2-6-11-17)25(15-18-12-7-13-27-18)14-16-8-3-1-4-9-16/h1,3-4,8-9,17-18H,2,5-7,10-15H2,(H,22,24,26). The van der Waals surface area contributed by atoms with Crippen LogP contribution in [0.15, 0.2) is 30.3 Å². The first-order chi connectivity index (χ1) is 13.8. The van der Waals surface area contributed by atoms with Gasteiger partial charge in [0.2, 0.25) is 5.13 Å². The van der Waals surface area contributed by atoms with E-state index in [1.54, 1.807) is 0 Å². The third-order valence-corrected chi connectivity index (χ3v) is 6.56. The maximum absolute atomic E-state index is 13.0. The quantitative estimate of drug-likeness (QED) is 0.756. The van der Waals surface area contributed by atoms with Gasteiger partial charge in [0.1, 0.15) is 5.01 Å². The van der Waals surface area contributed by atoms with Crippen LogP contribution in [0.4, 0.5) is 9.93 Å². The Hall–Kier alpha value is -1.99. The first-order valence-electron chi connectivity index (χ1n) is 10.3. The minimum atomic E-state index is -0.134. The Bertz CT molecular complexity index is 755. The van der Waals surface area contributed by atoms with Crippen molar-refractivity contribution < 1.29 is 9.53 Å². The summed E-state index contributed by atoms with van der Waals surface area (Å²) in [6.45, 7) is 1.93. The highest BCUT2D eigenvalue weighted by molar-refractivity contribution is 7.15. The number of benzene rings is 1. The van der Waals surface area contributed by atoms with E-state index >= 15 is 0 Å². The molecule has 7 heteroatoms. The first kappa shape index (κ1) is 19.3. The largest absolute Gasteiger partial charge is 0.376 e. The van der Waals surface area contributed by atoms with E-state index in [1.807, 2.05) is 35.2 Å². The number of anilines is 1. The van der Waals surface area contributed by atoms with Crippen molar-refractivity contribution in [1.29, 1.82) is 0 Å². The lowest BCUT2D eigenvalue weighted by Crippen LogP contribution is -2.39. The summed E-state index contributed by atoms with van der Waals surface area (Å²) < 4.78 is 5.76. The molecule has 2 heterocycles. The fourth-order valence-corrected chi connectivity index (χ4v) is 4.93. The van der Waals surface area contributed by atoms with Gasteiger partial charge in [-0.2, -0.15) is 0 Å². The molecule has 0 radical (unpaired) electrons. The van der Waals surface area contributed by atoms with Gasteiger partial charge < -0.3 is 9.64 Å². The first-order valence-corrected chi connectivity index (χ1v) is 11.1. The van der Waals surface area contributed by atoms with Crippen molar-refractivity contribution in [3.8, 4) is 0 Å². The normalized spacial score (nSPS) is 20.2. The molecule has 2 amide bonds. The molecule has 1 aliphatic carbocycles. The molecular formula is C21H28N4O2S. The minimum absolute atomic E-state index is 0.113. The molecule has 1 atom stereocenters. The molecule has 28 heavy (non-hydrogen) atoms. The number of nitrogens with zero attached hydrogens (tertiary/aromatic N) is 3. The van der Waals surface area contributed by atoms with Crippen molar-refractivity contribution in [1.82, 2.24) is 15.1 Å². The fraction of sp³-hybridized carbons (Fsp3) is 0.571. The molecule has 1 saturated carbocycles. The molecule has 2 fully saturated rings. The van der Waals surface area contributed by atoms with Crippen LogP contribution in [-0.2, 0) is 11.3 Å². The number of hydrogen-bond donors (Lipinski definition) is 1. The Kier molecular flexibility index (Phi) is 6.54. The van der Waals surface area contributed by atoms with Crippen molar-refractivity contribution in [2.75, 3.05) is 18.5 Å². The van der Waals surface area contributed by atoms with Gasteiger partial charge in [0.25, 0.3) is 0 Å². The lowest BCUT2D eigenvalue weighted by Gasteiger charge is -2.25. The van der Waals surface area contributed by atoms with Gasteiger partial charge in [-0.3, -0.25) is 5.32 Å². The SMILES string of the molecule is O=C(Nc1nnc(C2CCCCC2)s1)N(Cc1ccccc1)CC1CCCO1. The zero-order chi connectivity index (χ0) is 19.2. The van der Waals surface area contributed by atoms with Gasteiger partial charge in [-0.1, -0.05) is 60.9 Å². The van der Waals surface area contributed by atoms with Gasteiger partial charge in [0.05, 0.1) is 6.10 Å². The molecule has 4 rings (SSSR count). The molecule has 1 aliphatic heterocycles. The number of urea groups is 1. The maximum atomic E-state index is 13.0. The molecule has 1 aromatic heterocycles. The van der Waals surface area contributed by atoms with E-state index in [4.69, 9.17) is 4.74 Å². The zero-order valence-electron chi connectivity index (χ0n) is 16.2. The van der Waals surface area contributed by atoms with E-state index in [9.17, 15) is 4.79 Å². The van der Waals surface area contributed by atoms with Gasteiger partial charge in [-0.05, 0) is 31.2 Å². The summed E-state index contributed by atoms with van der Waals surface area (Å²) in [4.78, 5) is 14.8. The lowest BCUT2D eigenvalue weighted by atomic mass is 9.90. The minimum Gasteiger partial charge on any atom is -0.376 e. The van der Waals surface area contributed by atoms with Crippen molar-refractivity contribution in [3.63, 3.8) is 0 Å². The van der Waals surface area contributed by atoms with E-state index in [-0.39, 0.29) is 12.1 Å². The second-order valence-corrected chi connectivity index (χ2v) is 8.72. The van der Waals surface area contributed by atoms with Gasteiger partial charge in [0.15, 0.2) is 0 Å². The van der Waals surface area contributed by atoms with E-state index in [2.05, 4.69) is 15.5 Å². The highest BCUT2D eigenvalue weighted by Crippen LogP contribution is 2.35. The molecule has 150 valence electrons. The van der Waals surface area contributed by atoms with Crippen LogP contribution in [0.3, 0.4) is 0 Å². The van der Waals surface area contributed by atoms with Crippen molar-refractivity contribution in [2.24, 2.45) is 0 Å². The number of amides is 2. The van der Waals surface area contributed by atoms with Crippen LogP contribution in [0.1, 0.15) is 61.4 Å². The predicted molar refractivity (Wildman–Crippen MR) is 111 cm³/mol. The summed E-state index contributed by atoms with van der Waals surface area (Å²) in [6.07, 6.45) is 8.38. The fourth-order valence-electron chi connectivity index (χ4n) is 4.03. The number of ether oxygens (including phenoxy) is 1. The highest BCUT2D eigenvalue weighted by Gasteiger charge is 2.25. The molecule has 0 spiro atoms. The van der Waals surface area contributed by atoms with Crippen molar-refractivity contribution in [2.45, 2.75) is 63.5 Å². The molecule has 1 unspecified atom stereocenters. The third kappa shape index (κ3) is 5.08. The molecule has 1 aromatic carbocycles. The number of aromatic nitrogens is 2. The number of carbonyl (C=O) groups is 1. The third-order valence-electron chi connectivity index (χ3n) is 5.56. The van der Waals surface area contributed by atoms with E-state index in [0.717, 1.165) is 30.0 Å².